The van der Waals surface area contributed by atoms with Crippen molar-refractivity contribution in [2.45, 2.75) is 42.8 Å². The van der Waals surface area contributed by atoms with Crippen LogP contribution in [0, 0.1) is 0 Å². The summed E-state index contributed by atoms with van der Waals surface area (Å²) >= 11 is 3.51. The van der Waals surface area contributed by atoms with Gasteiger partial charge in [-0.05, 0) is 15.4 Å². The molecule has 2 atom stereocenters. The van der Waals surface area contributed by atoms with Crippen molar-refractivity contribution in [3.05, 3.63) is 60.7 Å². The average molecular weight is 433 g/mol. The molecule has 3 rings (SSSR count). The highest BCUT2D eigenvalue weighted by molar-refractivity contribution is 8.20. The van der Waals surface area contributed by atoms with Crippen molar-refractivity contribution in [1.29, 1.82) is 0 Å². The summed E-state index contributed by atoms with van der Waals surface area (Å²) in [4.78, 5) is 11.3. The van der Waals surface area contributed by atoms with Gasteiger partial charge in [-0.15, -0.1) is 23.5 Å². The maximum atomic E-state index is 11.3. The smallest absolute Gasteiger partial charge is 0.303 e. The van der Waals surface area contributed by atoms with Gasteiger partial charge >= 0.3 is 5.97 Å². The minimum Gasteiger partial charge on any atom is -0.451 e. The molecule has 0 saturated carbocycles. The van der Waals surface area contributed by atoms with E-state index in [0.717, 1.165) is 5.75 Å². The number of carbonyl (C=O) groups excluding carboxylic acids is 1. The van der Waals surface area contributed by atoms with Gasteiger partial charge in [-0.1, -0.05) is 81.4 Å². The van der Waals surface area contributed by atoms with E-state index in [2.05, 4.69) is 81.4 Å². The molecule has 3 nitrogen and oxygen atoms in total. The van der Waals surface area contributed by atoms with Crippen LogP contribution in [0.4, 0.5) is 0 Å². The van der Waals surface area contributed by atoms with Crippen LogP contribution in [0.3, 0.4) is 0 Å². The lowest BCUT2D eigenvalue weighted by atomic mass is 10.2. The van der Waals surface area contributed by atoms with Crippen molar-refractivity contribution in [3.63, 3.8) is 0 Å². The third-order valence-corrected chi connectivity index (χ3v) is 12.8. The van der Waals surface area contributed by atoms with Crippen molar-refractivity contribution in [2.24, 2.45) is 0 Å². The minimum absolute atomic E-state index is 0.0288. The maximum absolute atomic E-state index is 11.3. The summed E-state index contributed by atoms with van der Waals surface area (Å²) in [6.45, 7) is 8.97. The highest BCUT2D eigenvalue weighted by Crippen LogP contribution is 2.41. The lowest BCUT2D eigenvalue weighted by Gasteiger charge is -2.43. The quantitative estimate of drug-likeness (QED) is 0.503. The Hall–Kier alpha value is -1.21. The summed E-state index contributed by atoms with van der Waals surface area (Å²) in [7, 11) is -2.51. The number of hydrogen-bond donors (Lipinski definition) is 0. The zero-order valence-corrected chi connectivity index (χ0v) is 19.5. The van der Waals surface area contributed by atoms with E-state index in [4.69, 9.17) is 9.16 Å². The first kappa shape index (κ1) is 21.5. The summed E-state index contributed by atoms with van der Waals surface area (Å²) in [5.74, 6) is 0.602. The van der Waals surface area contributed by atoms with Crippen LogP contribution in [0.1, 0.15) is 27.7 Å². The van der Waals surface area contributed by atoms with E-state index >= 15 is 0 Å². The van der Waals surface area contributed by atoms with Crippen LogP contribution in [0.25, 0.3) is 0 Å². The fourth-order valence-electron chi connectivity index (χ4n) is 3.72. The first-order chi connectivity index (χ1) is 13.3. The fraction of sp³-hybridized carbons (Fsp3) is 0.409. The fourth-order valence-corrected chi connectivity index (χ4v) is 11.3. The molecule has 1 heterocycles. The van der Waals surface area contributed by atoms with Gasteiger partial charge in [-0.2, -0.15) is 0 Å². The SMILES string of the molecule is CC(=O)O[C@H]1CS[C@@H](CO[Si](c2ccccc2)(c2ccccc2)C(C)(C)C)S1. The number of esters is 1. The average Bonchev–Trinajstić information content (AvgIpc) is 3.09. The predicted molar refractivity (Wildman–Crippen MR) is 123 cm³/mol. The number of benzene rings is 2. The summed E-state index contributed by atoms with van der Waals surface area (Å²) in [6, 6.07) is 21.4. The minimum atomic E-state index is -2.51. The Balaban J connectivity index is 1.90. The lowest BCUT2D eigenvalue weighted by Crippen LogP contribution is -2.66. The summed E-state index contributed by atoms with van der Waals surface area (Å²) in [6.07, 6.45) is 0. The van der Waals surface area contributed by atoms with Gasteiger partial charge in [-0.3, -0.25) is 4.79 Å². The molecule has 150 valence electrons. The van der Waals surface area contributed by atoms with Gasteiger partial charge in [0.1, 0.15) is 0 Å². The molecule has 6 heteroatoms. The van der Waals surface area contributed by atoms with E-state index in [1.54, 1.807) is 11.8 Å². The number of hydrogen-bond acceptors (Lipinski definition) is 5. The third-order valence-electron chi connectivity index (χ3n) is 4.87. The number of carbonyl (C=O) groups is 1. The van der Waals surface area contributed by atoms with E-state index in [0.29, 0.717) is 6.61 Å². The molecule has 0 amide bonds. The van der Waals surface area contributed by atoms with Gasteiger partial charge in [0, 0.05) is 12.7 Å². The molecule has 2 aromatic rings. The highest BCUT2D eigenvalue weighted by Gasteiger charge is 2.50. The molecule has 0 bridgehead atoms. The second kappa shape index (κ2) is 9.07. The van der Waals surface area contributed by atoms with Gasteiger partial charge in [0.25, 0.3) is 8.32 Å². The first-order valence-electron chi connectivity index (χ1n) is 9.52. The van der Waals surface area contributed by atoms with Crippen molar-refractivity contribution in [1.82, 2.24) is 0 Å². The normalized spacial score (nSPS) is 20.1. The molecule has 0 unspecified atom stereocenters. The molecule has 1 aliphatic rings. The summed E-state index contributed by atoms with van der Waals surface area (Å²) in [5, 5.41) is 2.55. The first-order valence-corrected chi connectivity index (χ1v) is 13.4. The van der Waals surface area contributed by atoms with Gasteiger partial charge in [0.15, 0.2) is 5.44 Å². The molecule has 0 aromatic heterocycles. The Morgan fingerprint density at radius 2 is 1.57 bits per heavy atom. The van der Waals surface area contributed by atoms with Crippen LogP contribution < -0.4 is 10.4 Å². The molecule has 1 fully saturated rings. The molecule has 1 aliphatic heterocycles. The standard InChI is InChI=1S/C22H28O3S2Si/c1-17(23)25-20-16-26-21(27-20)15-24-28(22(2,3)4,18-11-7-5-8-12-18)19-13-9-6-10-14-19/h5-14,20-21H,15-16H2,1-4H3/t20-,21-/m1/s1. The van der Waals surface area contributed by atoms with E-state index in [9.17, 15) is 4.79 Å². The Kier molecular flexibility index (Phi) is 6.97. The Labute approximate surface area is 177 Å². The molecular formula is C22H28O3S2Si. The van der Waals surface area contributed by atoms with Crippen LogP contribution in [-0.4, -0.2) is 36.7 Å². The Bertz CT molecular complexity index is 738. The zero-order chi connectivity index (χ0) is 20.2. The molecule has 0 N–H and O–H groups in total. The number of thioether (sulfide) groups is 2. The van der Waals surface area contributed by atoms with Crippen LogP contribution in [-0.2, 0) is 14.0 Å². The van der Waals surface area contributed by atoms with Crippen LogP contribution in [0.15, 0.2) is 60.7 Å². The van der Waals surface area contributed by atoms with Gasteiger partial charge < -0.3 is 9.16 Å². The topological polar surface area (TPSA) is 35.5 Å². The Morgan fingerprint density at radius 3 is 2.04 bits per heavy atom. The molecule has 0 radical (unpaired) electrons. The second-order valence-electron chi connectivity index (χ2n) is 7.91. The van der Waals surface area contributed by atoms with Crippen molar-refractivity contribution >= 4 is 48.2 Å². The largest absolute Gasteiger partial charge is 0.451 e. The number of ether oxygens (including phenoxy) is 1. The maximum Gasteiger partial charge on any atom is 0.303 e. The molecule has 2 aromatic carbocycles. The van der Waals surface area contributed by atoms with Crippen LogP contribution in [0.5, 0.6) is 0 Å². The zero-order valence-electron chi connectivity index (χ0n) is 16.9. The second-order valence-corrected chi connectivity index (χ2v) is 15.1. The predicted octanol–water partition coefficient (Wildman–Crippen LogP) is 4.26. The molecule has 28 heavy (non-hydrogen) atoms. The molecule has 1 saturated heterocycles. The third kappa shape index (κ3) is 4.67. The summed E-state index contributed by atoms with van der Waals surface area (Å²) < 4.78 is 12.6. The Morgan fingerprint density at radius 1 is 1.04 bits per heavy atom. The van der Waals surface area contributed by atoms with Gasteiger partial charge in [0.05, 0.1) is 11.2 Å². The van der Waals surface area contributed by atoms with Gasteiger partial charge in [0.2, 0.25) is 0 Å². The lowest BCUT2D eigenvalue weighted by molar-refractivity contribution is -0.141. The summed E-state index contributed by atoms with van der Waals surface area (Å²) in [5.41, 5.74) is -0.0738. The monoisotopic (exact) mass is 432 g/mol. The van der Waals surface area contributed by atoms with Crippen LogP contribution >= 0.6 is 23.5 Å². The van der Waals surface area contributed by atoms with E-state index in [1.807, 2.05) is 11.8 Å². The van der Waals surface area contributed by atoms with Crippen molar-refractivity contribution < 1.29 is 14.0 Å². The van der Waals surface area contributed by atoms with E-state index in [-0.39, 0.29) is 21.0 Å². The van der Waals surface area contributed by atoms with Crippen molar-refractivity contribution in [2.75, 3.05) is 12.4 Å². The molecular weight excluding hydrogens is 404 g/mol. The highest BCUT2D eigenvalue weighted by atomic mass is 32.2. The van der Waals surface area contributed by atoms with Crippen LogP contribution in [0.2, 0.25) is 5.04 Å². The molecule has 0 aliphatic carbocycles. The van der Waals surface area contributed by atoms with E-state index < -0.39 is 8.32 Å². The van der Waals surface area contributed by atoms with E-state index in [1.165, 1.54) is 17.3 Å². The van der Waals surface area contributed by atoms with Gasteiger partial charge in [-0.25, -0.2) is 0 Å². The van der Waals surface area contributed by atoms with Crippen molar-refractivity contribution in [3.8, 4) is 0 Å². The molecule has 0 spiro atoms. The number of rotatable bonds is 6.